The highest BCUT2D eigenvalue weighted by Gasteiger charge is 2.53. The molecule has 4 aliphatic rings. The molecular weight excluding hydrogens is 376 g/mol. The molecule has 0 atom stereocenters. The molecule has 0 aromatic rings. The quantitative estimate of drug-likeness (QED) is 0.656. The van der Waals surface area contributed by atoms with Crippen molar-refractivity contribution in [3.8, 4) is 0 Å². The van der Waals surface area contributed by atoms with E-state index in [1.54, 1.807) is 0 Å². The summed E-state index contributed by atoms with van der Waals surface area (Å²) in [6, 6.07) is 1.12. The average Bonchev–Trinajstić information content (AvgIpc) is 2.83. The predicted octanol–water partition coefficient (Wildman–Crippen LogP) is 4.98. The smallest absolute Gasteiger partial charge is 0.237 e. The van der Waals surface area contributed by atoms with Crippen LogP contribution >= 0.6 is 15.9 Å². The normalized spacial score (nSPS) is 32.5. The zero-order valence-electron chi connectivity index (χ0n) is 15.7. The van der Waals surface area contributed by atoms with Gasteiger partial charge in [0.15, 0.2) is 0 Å². The summed E-state index contributed by atoms with van der Waals surface area (Å²) in [5.74, 6) is 0.392. The van der Waals surface area contributed by atoms with Gasteiger partial charge in [0, 0.05) is 17.8 Å². The Kier molecular flexibility index (Phi) is 4.87. The second-order valence-corrected chi connectivity index (χ2v) is 9.31. The minimum Gasteiger partial charge on any atom is -0.308 e. The van der Waals surface area contributed by atoms with E-state index >= 15 is 0 Å². The molecule has 2 aliphatic heterocycles. The highest BCUT2D eigenvalue weighted by molar-refractivity contribution is 9.11. The Bertz CT molecular complexity index is 607. The number of allylic oxidation sites excluding steroid dienone is 2. The fraction of sp³-hybridized carbons (Fsp3) is 0.762. The van der Waals surface area contributed by atoms with Crippen LogP contribution in [-0.4, -0.2) is 40.9 Å². The van der Waals surface area contributed by atoms with Crippen molar-refractivity contribution in [2.75, 3.05) is 13.1 Å². The van der Waals surface area contributed by atoms with Crippen molar-refractivity contribution in [1.29, 1.82) is 0 Å². The number of hydrogen-bond donors (Lipinski definition) is 0. The third-order valence-electron chi connectivity index (χ3n) is 7.25. The first-order chi connectivity index (χ1) is 12.1. The van der Waals surface area contributed by atoms with Crippen molar-refractivity contribution in [3.05, 3.63) is 21.8 Å². The summed E-state index contributed by atoms with van der Waals surface area (Å²) in [4.78, 5) is 18.4. The van der Waals surface area contributed by atoms with Crippen LogP contribution in [-0.2, 0) is 4.79 Å². The molecule has 0 N–H and O–H groups in total. The maximum Gasteiger partial charge on any atom is 0.237 e. The average molecular weight is 407 g/mol. The van der Waals surface area contributed by atoms with Crippen LogP contribution in [0.25, 0.3) is 0 Å². The number of hydrogen-bond acceptors (Lipinski definition) is 2. The Morgan fingerprint density at radius 2 is 1.76 bits per heavy atom. The van der Waals surface area contributed by atoms with Gasteiger partial charge in [-0.1, -0.05) is 36.2 Å². The first-order valence-electron chi connectivity index (χ1n) is 10.3. The summed E-state index contributed by atoms with van der Waals surface area (Å²) in [5, 5.41) is 0. The number of piperidine rings is 1. The Balaban J connectivity index is 1.56. The fourth-order valence-electron chi connectivity index (χ4n) is 5.54. The van der Waals surface area contributed by atoms with Crippen LogP contribution in [0.1, 0.15) is 71.6 Å². The molecule has 138 valence electrons. The number of likely N-dealkylation sites (tertiary alicyclic amines) is 1. The number of halogens is 1. The highest BCUT2D eigenvalue weighted by atomic mass is 79.9. The van der Waals surface area contributed by atoms with Gasteiger partial charge >= 0.3 is 0 Å². The lowest BCUT2D eigenvalue weighted by molar-refractivity contribution is -0.140. The van der Waals surface area contributed by atoms with Gasteiger partial charge in [0.05, 0.1) is 5.41 Å². The molecule has 25 heavy (non-hydrogen) atoms. The van der Waals surface area contributed by atoms with Gasteiger partial charge < -0.3 is 9.80 Å². The number of amides is 1. The van der Waals surface area contributed by atoms with E-state index in [-0.39, 0.29) is 5.41 Å². The molecule has 0 aromatic heterocycles. The SMILES string of the molecule is CCC1(CC)C(=O)N(C2CC(N3CCCCC3)C2)C2=C1CCC(Br)=C2. The molecule has 1 saturated carbocycles. The lowest BCUT2D eigenvalue weighted by Crippen LogP contribution is -2.56. The molecule has 1 saturated heterocycles. The van der Waals surface area contributed by atoms with E-state index in [0.29, 0.717) is 18.0 Å². The van der Waals surface area contributed by atoms with Gasteiger partial charge in [0.2, 0.25) is 5.91 Å². The standard InChI is InChI=1S/C21H31BrN2O/c1-3-21(4-2)18-9-8-15(22)12-19(18)24(20(21)25)17-13-16(14-17)23-10-6-5-7-11-23/h12,16-17H,3-11,13-14H2,1-2H3. The molecule has 0 unspecified atom stereocenters. The van der Waals surface area contributed by atoms with E-state index in [1.165, 1.54) is 48.1 Å². The van der Waals surface area contributed by atoms with Crippen molar-refractivity contribution in [2.45, 2.75) is 83.7 Å². The monoisotopic (exact) mass is 406 g/mol. The Labute approximate surface area is 160 Å². The summed E-state index contributed by atoms with van der Waals surface area (Å²) >= 11 is 3.70. The number of rotatable bonds is 4. The van der Waals surface area contributed by atoms with Gasteiger partial charge in [-0.05, 0) is 80.6 Å². The summed E-state index contributed by atoms with van der Waals surface area (Å²) < 4.78 is 1.25. The predicted molar refractivity (Wildman–Crippen MR) is 105 cm³/mol. The van der Waals surface area contributed by atoms with Gasteiger partial charge in [0.1, 0.15) is 0 Å². The fourth-order valence-corrected chi connectivity index (χ4v) is 5.96. The second kappa shape index (κ2) is 6.84. The van der Waals surface area contributed by atoms with Gasteiger partial charge in [-0.15, -0.1) is 0 Å². The van der Waals surface area contributed by atoms with Gasteiger partial charge in [0.25, 0.3) is 0 Å². The van der Waals surface area contributed by atoms with Crippen LogP contribution in [0.3, 0.4) is 0 Å². The van der Waals surface area contributed by atoms with Crippen LogP contribution in [0, 0.1) is 5.41 Å². The van der Waals surface area contributed by atoms with Crippen molar-refractivity contribution in [1.82, 2.24) is 9.80 Å². The topological polar surface area (TPSA) is 23.6 Å². The largest absolute Gasteiger partial charge is 0.308 e. The highest BCUT2D eigenvalue weighted by Crippen LogP contribution is 2.53. The van der Waals surface area contributed by atoms with Crippen molar-refractivity contribution < 1.29 is 4.79 Å². The van der Waals surface area contributed by atoms with E-state index in [4.69, 9.17) is 0 Å². The van der Waals surface area contributed by atoms with E-state index in [1.807, 2.05) is 0 Å². The van der Waals surface area contributed by atoms with Gasteiger partial charge in [-0.3, -0.25) is 4.79 Å². The maximum atomic E-state index is 13.5. The summed E-state index contributed by atoms with van der Waals surface area (Å²) in [5.41, 5.74) is 2.44. The van der Waals surface area contributed by atoms with Crippen LogP contribution in [0.4, 0.5) is 0 Å². The summed E-state index contributed by atoms with van der Waals surface area (Å²) in [6.07, 6.45) is 12.6. The van der Waals surface area contributed by atoms with Crippen molar-refractivity contribution >= 4 is 21.8 Å². The van der Waals surface area contributed by atoms with Crippen molar-refractivity contribution in [3.63, 3.8) is 0 Å². The van der Waals surface area contributed by atoms with E-state index in [9.17, 15) is 4.79 Å². The zero-order chi connectivity index (χ0) is 17.6. The molecule has 0 radical (unpaired) electrons. The maximum absolute atomic E-state index is 13.5. The molecule has 0 aromatic carbocycles. The number of nitrogens with zero attached hydrogens (tertiary/aromatic N) is 2. The van der Waals surface area contributed by atoms with Crippen LogP contribution in [0.15, 0.2) is 21.8 Å². The van der Waals surface area contributed by atoms with Crippen LogP contribution in [0.2, 0.25) is 0 Å². The molecule has 1 amide bonds. The van der Waals surface area contributed by atoms with Gasteiger partial charge in [-0.2, -0.15) is 0 Å². The Hall–Kier alpha value is -0.610. The van der Waals surface area contributed by atoms with Gasteiger partial charge in [-0.25, -0.2) is 0 Å². The Morgan fingerprint density at radius 1 is 1.08 bits per heavy atom. The first kappa shape index (κ1) is 17.8. The molecular formula is C21H31BrN2O. The van der Waals surface area contributed by atoms with Crippen LogP contribution in [0.5, 0.6) is 0 Å². The zero-order valence-corrected chi connectivity index (χ0v) is 17.3. The molecule has 0 spiro atoms. The minimum atomic E-state index is -0.226. The number of carbonyl (C=O) groups excluding carboxylic acids is 1. The summed E-state index contributed by atoms with van der Waals surface area (Å²) in [7, 11) is 0. The first-order valence-corrected chi connectivity index (χ1v) is 11.1. The lowest BCUT2D eigenvalue weighted by atomic mass is 9.73. The van der Waals surface area contributed by atoms with Crippen LogP contribution < -0.4 is 0 Å². The number of carbonyl (C=O) groups is 1. The third-order valence-corrected chi connectivity index (χ3v) is 7.87. The van der Waals surface area contributed by atoms with Crippen molar-refractivity contribution in [2.24, 2.45) is 5.41 Å². The Morgan fingerprint density at radius 3 is 2.40 bits per heavy atom. The molecule has 3 nitrogen and oxygen atoms in total. The molecule has 2 heterocycles. The molecule has 2 aliphatic carbocycles. The molecule has 4 heteroatoms. The third kappa shape index (κ3) is 2.75. The molecule has 2 fully saturated rings. The summed E-state index contributed by atoms with van der Waals surface area (Å²) in [6.45, 7) is 6.91. The second-order valence-electron chi connectivity index (χ2n) is 8.30. The van der Waals surface area contributed by atoms with E-state index < -0.39 is 0 Å². The van der Waals surface area contributed by atoms with E-state index in [0.717, 1.165) is 38.5 Å². The van der Waals surface area contributed by atoms with E-state index in [2.05, 4.69) is 45.7 Å². The molecule has 0 bridgehead atoms. The molecule has 4 rings (SSSR count). The minimum absolute atomic E-state index is 0.226. The lowest BCUT2D eigenvalue weighted by Gasteiger charge is -2.48.